The van der Waals surface area contributed by atoms with Gasteiger partial charge in [-0.2, -0.15) is 0 Å². The molecule has 296 valence electrons. The Kier molecular flexibility index (Phi) is 8.83. The molecule has 0 radical (unpaired) electrons. The van der Waals surface area contributed by atoms with Gasteiger partial charge in [-0.25, -0.2) is 0 Å². The summed E-state index contributed by atoms with van der Waals surface area (Å²) in [6.45, 7) is 0. The molecule has 3 heteroatoms. The highest BCUT2D eigenvalue weighted by Gasteiger charge is 2.25. The molecule has 0 aliphatic heterocycles. The van der Waals surface area contributed by atoms with E-state index in [0.717, 1.165) is 78.1 Å². The Morgan fingerprint density at radius 1 is 0.317 bits per heavy atom. The van der Waals surface area contributed by atoms with Gasteiger partial charge in [-0.05, 0) is 93.5 Å². The van der Waals surface area contributed by atoms with Crippen LogP contribution in [0.15, 0.2) is 247 Å². The minimum atomic E-state index is 0.843. The molecular formula is C60H40N2O. The number of anilines is 3. The average Bonchev–Trinajstić information content (AvgIpc) is 3.91. The van der Waals surface area contributed by atoms with Gasteiger partial charge in [0, 0.05) is 38.5 Å². The van der Waals surface area contributed by atoms with Gasteiger partial charge >= 0.3 is 0 Å². The monoisotopic (exact) mass is 804 g/mol. The minimum absolute atomic E-state index is 0.843. The van der Waals surface area contributed by atoms with E-state index >= 15 is 0 Å². The van der Waals surface area contributed by atoms with E-state index in [1.54, 1.807) is 0 Å². The third kappa shape index (κ3) is 6.21. The van der Waals surface area contributed by atoms with Crippen LogP contribution in [0, 0.1) is 0 Å². The zero-order valence-corrected chi connectivity index (χ0v) is 34.4. The molecule has 0 fully saturated rings. The number of hydrogen-bond donors (Lipinski definition) is 0. The van der Waals surface area contributed by atoms with Crippen molar-refractivity contribution in [2.45, 2.75) is 0 Å². The van der Waals surface area contributed by atoms with Crippen molar-refractivity contribution in [2.75, 3.05) is 4.90 Å². The summed E-state index contributed by atoms with van der Waals surface area (Å²) >= 11 is 0. The van der Waals surface area contributed by atoms with Crippen LogP contribution in [-0.2, 0) is 0 Å². The molecule has 0 atom stereocenters. The van der Waals surface area contributed by atoms with E-state index in [0.29, 0.717) is 0 Å². The lowest BCUT2D eigenvalue weighted by molar-refractivity contribution is 0.669. The zero-order valence-electron chi connectivity index (χ0n) is 34.4. The fraction of sp³-hybridized carbons (Fsp3) is 0. The number of nitrogens with zero attached hydrogens (tertiary/aromatic N) is 2. The second-order valence-corrected chi connectivity index (χ2v) is 16.0. The van der Waals surface area contributed by atoms with Crippen LogP contribution in [0.3, 0.4) is 0 Å². The Morgan fingerprint density at radius 3 is 1.49 bits per heavy atom. The predicted molar refractivity (Wildman–Crippen MR) is 264 cm³/mol. The van der Waals surface area contributed by atoms with Crippen molar-refractivity contribution in [2.24, 2.45) is 0 Å². The summed E-state index contributed by atoms with van der Waals surface area (Å²) in [4.78, 5) is 2.39. The highest BCUT2D eigenvalue weighted by molar-refractivity contribution is 6.12. The summed E-state index contributed by atoms with van der Waals surface area (Å²) in [7, 11) is 0. The highest BCUT2D eigenvalue weighted by Crippen LogP contribution is 2.50. The number of rotatable bonds is 8. The maximum atomic E-state index is 6.81. The van der Waals surface area contributed by atoms with Crippen molar-refractivity contribution in [1.82, 2.24) is 4.57 Å². The van der Waals surface area contributed by atoms with Crippen molar-refractivity contribution in [3.05, 3.63) is 243 Å². The molecule has 0 aliphatic rings. The SMILES string of the molecule is c1ccc(-c2ccccc2-c2c(-c3ccccc3)cccc2N(c2ccc(-c3ccc(-n4c5ccccc5c5ccccc54)cc3)cc2)c2cccc3c2oc2ccccc23)cc1. The van der Waals surface area contributed by atoms with E-state index in [2.05, 4.69) is 246 Å². The predicted octanol–water partition coefficient (Wildman–Crippen LogP) is 16.8. The van der Waals surface area contributed by atoms with Crippen molar-refractivity contribution in [3.63, 3.8) is 0 Å². The Morgan fingerprint density at radius 2 is 0.810 bits per heavy atom. The summed E-state index contributed by atoms with van der Waals surface area (Å²) in [5, 5.41) is 4.70. The van der Waals surface area contributed by atoms with Crippen LogP contribution in [0.5, 0.6) is 0 Å². The molecule has 0 aliphatic carbocycles. The molecule has 10 aromatic carbocycles. The van der Waals surface area contributed by atoms with Crippen LogP contribution < -0.4 is 4.90 Å². The second-order valence-electron chi connectivity index (χ2n) is 16.0. The first-order chi connectivity index (χ1) is 31.3. The van der Waals surface area contributed by atoms with Gasteiger partial charge in [0.05, 0.1) is 22.4 Å². The number of hydrogen-bond acceptors (Lipinski definition) is 2. The Bertz CT molecular complexity index is 3550. The van der Waals surface area contributed by atoms with Gasteiger partial charge in [0.2, 0.25) is 0 Å². The van der Waals surface area contributed by atoms with Crippen molar-refractivity contribution >= 4 is 60.8 Å². The van der Waals surface area contributed by atoms with Crippen LogP contribution in [0.2, 0.25) is 0 Å². The maximum Gasteiger partial charge on any atom is 0.159 e. The van der Waals surface area contributed by atoms with Gasteiger partial charge in [-0.3, -0.25) is 0 Å². The third-order valence-corrected chi connectivity index (χ3v) is 12.4. The quantitative estimate of drug-likeness (QED) is 0.153. The number of furan rings is 1. The summed E-state index contributed by atoms with van der Waals surface area (Å²) < 4.78 is 9.17. The van der Waals surface area contributed by atoms with Crippen molar-refractivity contribution in [1.29, 1.82) is 0 Å². The van der Waals surface area contributed by atoms with E-state index in [9.17, 15) is 0 Å². The van der Waals surface area contributed by atoms with Crippen LogP contribution in [0.1, 0.15) is 0 Å². The van der Waals surface area contributed by atoms with Gasteiger partial charge in [0.1, 0.15) is 5.58 Å². The molecule has 0 spiro atoms. The fourth-order valence-electron chi connectivity index (χ4n) is 9.56. The fourth-order valence-corrected chi connectivity index (χ4v) is 9.56. The lowest BCUT2D eigenvalue weighted by Crippen LogP contribution is -2.12. The van der Waals surface area contributed by atoms with Crippen molar-refractivity contribution < 1.29 is 4.42 Å². The van der Waals surface area contributed by atoms with Gasteiger partial charge in [0.15, 0.2) is 5.58 Å². The largest absolute Gasteiger partial charge is 0.454 e. The van der Waals surface area contributed by atoms with Crippen LogP contribution in [-0.4, -0.2) is 4.57 Å². The molecule has 0 saturated heterocycles. The van der Waals surface area contributed by atoms with E-state index in [1.165, 1.54) is 32.9 Å². The maximum absolute atomic E-state index is 6.81. The number of benzene rings is 10. The first-order valence-electron chi connectivity index (χ1n) is 21.5. The summed E-state index contributed by atoms with van der Waals surface area (Å²) in [5.74, 6) is 0. The molecule has 0 bridgehead atoms. The van der Waals surface area contributed by atoms with Crippen molar-refractivity contribution in [3.8, 4) is 50.2 Å². The highest BCUT2D eigenvalue weighted by atomic mass is 16.3. The van der Waals surface area contributed by atoms with E-state index in [4.69, 9.17) is 4.42 Å². The Labute approximate surface area is 366 Å². The molecule has 2 aromatic heterocycles. The molecule has 12 rings (SSSR count). The standard InChI is InChI=1S/C60H40N2O/c1-3-17-43(18-4-1)47-21-7-8-25-52(47)59-48(44-19-5-2-6-20-44)26-15-30-56(59)62(57-31-16-27-53-51-24-11-14-32-58(51)63-60(53)57)46-39-35-42(36-40-46)41-33-37-45(38-34-41)61-54-28-12-9-22-49(54)50-23-10-13-29-55(50)61/h1-40H. The molecule has 2 heterocycles. The molecule has 63 heavy (non-hydrogen) atoms. The molecule has 0 N–H and O–H groups in total. The first-order valence-corrected chi connectivity index (χ1v) is 21.5. The van der Waals surface area contributed by atoms with Crippen LogP contribution in [0.25, 0.3) is 93.9 Å². The Balaban J connectivity index is 1.04. The van der Waals surface area contributed by atoms with Crippen LogP contribution >= 0.6 is 0 Å². The minimum Gasteiger partial charge on any atom is -0.454 e. The molecular weight excluding hydrogens is 765 g/mol. The topological polar surface area (TPSA) is 21.3 Å². The molecule has 0 saturated carbocycles. The van der Waals surface area contributed by atoms with E-state index < -0.39 is 0 Å². The van der Waals surface area contributed by atoms with Crippen LogP contribution in [0.4, 0.5) is 17.1 Å². The number of fused-ring (bicyclic) bond motifs is 6. The number of para-hydroxylation sites is 4. The first kappa shape index (κ1) is 36.5. The normalized spacial score (nSPS) is 11.5. The smallest absolute Gasteiger partial charge is 0.159 e. The number of aromatic nitrogens is 1. The molecule has 0 unspecified atom stereocenters. The Hall–Kier alpha value is -8.40. The zero-order chi connectivity index (χ0) is 41.7. The van der Waals surface area contributed by atoms with Gasteiger partial charge in [-0.1, -0.05) is 188 Å². The summed E-state index contributed by atoms with van der Waals surface area (Å²) in [6, 6.07) is 87.0. The summed E-state index contributed by atoms with van der Waals surface area (Å²) in [6.07, 6.45) is 0. The second kappa shape index (κ2) is 15.3. The average molecular weight is 805 g/mol. The van der Waals surface area contributed by atoms with Gasteiger partial charge in [0.25, 0.3) is 0 Å². The summed E-state index contributed by atoms with van der Waals surface area (Å²) in [5.41, 5.74) is 17.5. The van der Waals surface area contributed by atoms with Gasteiger partial charge < -0.3 is 13.9 Å². The van der Waals surface area contributed by atoms with Gasteiger partial charge in [-0.15, -0.1) is 0 Å². The molecule has 12 aromatic rings. The van der Waals surface area contributed by atoms with E-state index in [-0.39, 0.29) is 0 Å². The molecule has 0 amide bonds. The molecule has 3 nitrogen and oxygen atoms in total. The van der Waals surface area contributed by atoms with E-state index in [1.807, 2.05) is 6.07 Å². The lowest BCUT2D eigenvalue weighted by atomic mass is 9.87. The lowest BCUT2D eigenvalue weighted by Gasteiger charge is -2.30. The third-order valence-electron chi connectivity index (χ3n) is 12.4.